The highest BCUT2D eigenvalue weighted by Crippen LogP contribution is 2.12. The number of aromatic nitrogens is 1. The third kappa shape index (κ3) is 4.21. The molecule has 4 heteroatoms. The fourth-order valence-electron chi connectivity index (χ4n) is 1.75. The van der Waals surface area contributed by atoms with E-state index in [2.05, 4.69) is 10.3 Å². The fraction of sp³-hybridized carbons (Fsp3) is 0.125. The number of rotatable bonds is 4. The lowest BCUT2D eigenvalue weighted by Crippen LogP contribution is -2.25. The summed E-state index contributed by atoms with van der Waals surface area (Å²) < 4.78 is 0. The van der Waals surface area contributed by atoms with Gasteiger partial charge in [-0.1, -0.05) is 29.8 Å². The molecular formula is C16H15ClN2O. The molecule has 2 rings (SSSR count). The van der Waals surface area contributed by atoms with Gasteiger partial charge in [0.1, 0.15) is 0 Å². The third-order valence-corrected chi connectivity index (χ3v) is 3.00. The van der Waals surface area contributed by atoms with E-state index in [0.29, 0.717) is 5.02 Å². The summed E-state index contributed by atoms with van der Waals surface area (Å²) in [6.45, 7) is 1.90. The minimum absolute atomic E-state index is 0.132. The highest BCUT2D eigenvalue weighted by molar-refractivity contribution is 6.30. The second-order valence-electron chi connectivity index (χ2n) is 4.37. The van der Waals surface area contributed by atoms with Crippen molar-refractivity contribution >= 4 is 23.6 Å². The van der Waals surface area contributed by atoms with Crippen molar-refractivity contribution in [2.45, 2.75) is 13.0 Å². The van der Waals surface area contributed by atoms with E-state index in [1.807, 2.05) is 37.3 Å². The number of benzene rings is 1. The van der Waals surface area contributed by atoms with E-state index >= 15 is 0 Å². The van der Waals surface area contributed by atoms with Crippen LogP contribution in [-0.2, 0) is 4.79 Å². The number of carbonyl (C=O) groups excluding carboxylic acids is 1. The van der Waals surface area contributed by atoms with Crippen LogP contribution < -0.4 is 5.32 Å². The highest BCUT2D eigenvalue weighted by Gasteiger charge is 2.07. The molecule has 102 valence electrons. The van der Waals surface area contributed by atoms with Crippen LogP contribution in [0.3, 0.4) is 0 Å². The quantitative estimate of drug-likeness (QED) is 0.872. The van der Waals surface area contributed by atoms with Crippen LogP contribution in [0.25, 0.3) is 6.08 Å². The van der Waals surface area contributed by atoms with E-state index in [9.17, 15) is 4.79 Å². The van der Waals surface area contributed by atoms with Gasteiger partial charge in [-0.15, -0.1) is 0 Å². The zero-order chi connectivity index (χ0) is 14.4. The van der Waals surface area contributed by atoms with Gasteiger partial charge in [0.15, 0.2) is 0 Å². The first-order valence-corrected chi connectivity index (χ1v) is 6.68. The lowest BCUT2D eigenvalue weighted by atomic mass is 10.2. The summed E-state index contributed by atoms with van der Waals surface area (Å²) in [5.41, 5.74) is 1.72. The predicted octanol–water partition coefficient (Wildman–Crippen LogP) is 3.63. The van der Waals surface area contributed by atoms with Crippen molar-refractivity contribution in [1.82, 2.24) is 10.3 Å². The summed E-state index contributed by atoms with van der Waals surface area (Å²) in [4.78, 5) is 16.0. The summed E-state index contributed by atoms with van der Waals surface area (Å²) in [6.07, 6.45) is 4.93. The molecule has 1 amide bonds. The Morgan fingerprint density at radius 2 is 2.15 bits per heavy atom. The molecule has 0 spiro atoms. The van der Waals surface area contributed by atoms with Crippen LogP contribution in [-0.4, -0.2) is 10.9 Å². The van der Waals surface area contributed by atoms with E-state index in [4.69, 9.17) is 11.6 Å². The van der Waals surface area contributed by atoms with Crippen LogP contribution in [0.2, 0.25) is 5.02 Å². The topological polar surface area (TPSA) is 42.0 Å². The zero-order valence-electron chi connectivity index (χ0n) is 11.1. The minimum atomic E-state index is -0.164. The Hall–Kier alpha value is -2.13. The summed E-state index contributed by atoms with van der Waals surface area (Å²) in [5.74, 6) is -0.164. The van der Waals surface area contributed by atoms with Gasteiger partial charge in [-0.05, 0) is 42.8 Å². The first-order valence-electron chi connectivity index (χ1n) is 6.30. The largest absolute Gasteiger partial charge is 0.344 e. The molecule has 0 aliphatic heterocycles. The standard InChI is InChI=1S/C16H15ClN2O/c1-12(15-7-2-3-10-18-15)19-16(20)9-8-13-5-4-6-14(17)11-13/h2-12H,1H3,(H,19,20)/b9-8+/t12-/m0/s1. The maximum atomic E-state index is 11.8. The van der Waals surface area contributed by atoms with Crippen molar-refractivity contribution in [3.05, 3.63) is 71.0 Å². The van der Waals surface area contributed by atoms with Gasteiger partial charge in [-0.25, -0.2) is 0 Å². The number of hydrogen-bond acceptors (Lipinski definition) is 2. The van der Waals surface area contributed by atoms with Crippen molar-refractivity contribution in [3.63, 3.8) is 0 Å². The molecule has 0 bridgehead atoms. The average molecular weight is 287 g/mol. The Labute approximate surface area is 123 Å². The number of pyridine rings is 1. The normalized spacial score (nSPS) is 12.3. The van der Waals surface area contributed by atoms with Crippen LogP contribution in [0.5, 0.6) is 0 Å². The molecule has 0 radical (unpaired) electrons. The third-order valence-electron chi connectivity index (χ3n) is 2.77. The molecule has 0 saturated heterocycles. The molecule has 1 heterocycles. The van der Waals surface area contributed by atoms with E-state index in [1.54, 1.807) is 24.4 Å². The van der Waals surface area contributed by atoms with Crippen LogP contribution in [0.1, 0.15) is 24.2 Å². The molecular weight excluding hydrogens is 272 g/mol. The summed E-state index contributed by atoms with van der Waals surface area (Å²) >= 11 is 5.88. The van der Waals surface area contributed by atoms with Crippen molar-refractivity contribution in [1.29, 1.82) is 0 Å². The second-order valence-corrected chi connectivity index (χ2v) is 4.81. The lowest BCUT2D eigenvalue weighted by Gasteiger charge is -2.11. The number of carbonyl (C=O) groups is 1. The molecule has 0 unspecified atom stereocenters. The molecule has 3 nitrogen and oxygen atoms in total. The Bertz CT molecular complexity index is 611. The number of hydrogen-bond donors (Lipinski definition) is 1. The number of amides is 1. The van der Waals surface area contributed by atoms with Gasteiger partial charge in [-0.3, -0.25) is 9.78 Å². The summed E-state index contributed by atoms with van der Waals surface area (Å²) in [7, 11) is 0. The Kier molecular flexibility index (Phi) is 4.91. The van der Waals surface area contributed by atoms with Crippen molar-refractivity contribution in [2.24, 2.45) is 0 Å². The van der Waals surface area contributed by atoms with Gasteiger partial charge in [0.25, 0.3) is 0 Å². The van der Waals surface area contributed by atoms with Crippen LogP contribution in [0, 0.1) is 0 Å². The summed E-state index contributed by atoms with van der Waals surface area (Å²) in [5, 5.41) is 3.51. The van der Waals surface area contributed by atoms with Crippen LogP contribution >= 0.6 is 11.6 Å². The fourth-order valence-corrected chi connectivity index (χ4v) is 1.95. The number of halogens is 1. The smallest absolute Gasteiger partial charge is 0.244 e. The monoisotopic (exact) mass is 286 g/mol. The molecule has 20 heavy (non-hydrogen) atoms. The molecule has 0 aliphatic rings. The zero-order valence-corrected chi connectivity index (χ0v) is 11.8. The minimum Gasteiger partial charge on any atom is -0.344 e. The predicted molar refractivity (Wildman–Crippen MR) is 81.3 cm³/mol. The van der Waals surface area contributed by atoms with Crippen LogP contribution in [0.4, 0.5) is 0 Å². The number of nitrogens with zero attached hydrogens (tertiary/aromatic N) is 1. The molecule has 1 atom stereocenters. The molecule has 1 aromatic heterocycles. The SMILES string of the molecule is C[C@H](NC(=O)/C=C/c1cccc(Cl)c1)c1ccccn1. The van der Waals surface area contributed by atoms with Gasteiger partial charge in [0, 0.05) is 17.3 Å². The first-order chi connectivity index (χ1) is 9.65. The molecule has 0 fully saturated rings. The lowest BCUT2D eigenvalue weighted by molar-refractivity contribution is -0.117. The van der Waals surface area contributed by atoms with Gasteiger partial charge in [0.2, 0.25) is 5.91 Å². The van der Waals surface area contributed by atoms with Crippen LogP contribution in [0.15, 0.2) is 54.7 Å². The second kappa shape index (κ2) is 6.87. The van der Waals surface area contributed by atoms with Crippen molar-refractivity contribution in [2.75, 3.05) is 0 Å². The first kappa shape index (κ1) is 14.3. The van der Waals surface area contributed by atoms with Crippen molar-refractivity contribution in [3.8, 4) is 0 Å². The van der Waals surface area contributed by atoms with Gasteiger partial charge in [0.05, 0.1) is 11.7 Å². The van der Waals surface area contributed by atoms with Gasteiger partial charge in [-0.2, -0.15) is 0 Å². The van der Waals surface area contributed by atoms with Gasteiger partial charge >= 0.3 is 0 Å². The Morgan fingerprint density at radius 1 is 1.30 bits per heavy atom. The molecule has 1 N–H and O–H groups in total. The molecule has 1 aromatic carbocycles. The highest BCUT2D eigenvalue weighted by atomic mass is 35.5. The molecule has 0 aliphatic carbocycles. The summed E-state index contributed by atoms with van der Waals surface area (Å²) in [6, 6.07) is 12.8. The Morgan fingerprint density at radius 3 is 2.85 bits per heavy atom. The average Bonchev–Trinajstić information content (AvgIpc) is 2.46. The van der Waals surface area contributed by atoms with Crippen molar-refractivity contribution < 1.29 is 4.79 Å². The van der Waals surface area contributed by atoms with Gasteiger partial charge < -0.3 is 5.32 Å². The van der Waals surface area contributed by atoms with E-state index in [-0.39, 0.29) is 11.9 Å². The maximum Gasteiger partial charge on any atom is 0.244 e. The molecule has 2 aromatic rings. The number of nitrogens with one attached hydrogen (secondary N) is 1. The van der Waals surface area contributed by atoms with E-state index in [0.717, 1.165) is 11.3 Å². The molecule has 0 saturated carbocycles. The Balaban J connectivity index is 1.96. The van der Waals surface area contributed by atoms with E-state index < -0.39 is 0 Å². The van der Waals surface area contributed by atoms with E-state index in [1.165, 1.54) is 6.08 Å². The maximum absolute atomic E-state index is 11.8.